The second-order valence-corrected chi connectivity index (χ2v) is 7.88. The number of hydrogen-bond donors (Lipinski definition) is 2. The molecule has 0 saturated carbocycles. The lowest BCUT2D eigenvalue weighted by Gasteiger charge is -2.24. The Kier molecular flexibility index (Phi) is 5.96. The van der Waals surface area contributed by atoms with Gasteiger partial charge in [-0.1, -0.05) is 40.5 Å². The molecule has 1 aliphatic rings. The molecule has 0 aliphatic carbocycles. The standard InChI is InChI=1S/C20H18Cl2N6O2/c21-14-9-13(10-15(22)11-14)20(30)28-7-1-2-17(28)19(29)23-16-5-3-12(4-6-16)8-18-24-26-27-25-18/h3-6,9-11,17H,1-2,7-8H2,(H,23,29)(H,24,25,26,27). The molecule has 2 N–H and O–H groups in total. The maximum atomic E-state index is 12.9. The topological polar surface area (TPSA) is 104 Å². The molecule has 1 atom stereocenters. The summed E-state index contributed by atoms with van der Waals surface area (Å²) in [5.41, 5.74) is 2.02. The van der Waals surface area contributed by atoms with Crippen molar-refractivity contribution in [2.75, 3.05) is 11.9 Å². The third kappa shape index (κ3) is 4.60. The van der Waals surface area contributed by atoms with Crippen molar-refractivity contribution >= 4 is 40.7 Å². The number of aromatic amines is 1. The number of amides is 2. The van der Waals surface area contributed by atoms with E-state index < -0.39 is 6.04 Å². The van der Waals surface area contributed by atoms with E-state index in [0.29, 0.717) is 46.5 Å². The van der Waals surface area contributed by atoms with Crippen LogP contribution in [0.2, 0.25) is 10.0 Å². The van der Waals surface area contributed by atoms with E-state index in [9.17, 15) is 9.59 Å². The number of nitrogens with one attached hydrogen (secondary N) is 2. The molecule has 8 nitrogen and oxygen atoms in total. The molecule has 30 heavy (non-hydrogen) atoms. The summed E-state index contributed by atoms with van der Waals surface area (Å²) in [6.45, 7) is 0.505. The fourth-order valence-electron chi connectivity index (χ4n) is 3.50. The van der Waals surface area contributed by atoms with Gasteiger partial charge in [-0.15, -0.1) is 10.2 Å². The second-order valence-electron chi connectivity index (χ2n) is 7.01. The molecule has 1 aliphatic heterocycles. The number of halogens is 2. The number of benzene rings is 2. The van der Waals surface area contributed by atoms with E-state index in [1.54, 1.807) is 23.1 Å². The maximum absolute atomic E-state index is 12.9. The van der Waals surface area contributed by atoms with Crippen molar-refractivity contribution in [3.05, 3.63) is 69.5 Å². The molecule has 3 aromatic rings. The van der Waals surface area contributed by atoms with Crippen LogP contribution in [0.3, 0.4) is 0 Å². The van der Waals surface area contributed by atoms with Gasteiger partial charge in [-0.3, -0.25) is 9.59 Å². The number of aromatic nitrogens is 4. The molecule has 1 fully saturated rings. The summed E-state index contributed by atoms with van der Waals surface area (Å²) in [6, 6.07) is 11.5. The largest absolute Gasteiger partial charge is 0.327 e. The van der Waals surface area contributed by atoms with Gasteiger partial charge in [-0.25, -0.2) is 0 Å². The van der Waals surface area contributed by atoms with Gasteiger partial charge in [0.1, 0.15) is 6.04 Å². The summed E-state index contributed by atoms with van der Waals surface area (Å²) in [7, 11) is 0. The van der Waals surface area contributed by atoms with Crippen molar-refractivity contribution < 1.29 is 9.59 Å². The molecular weight excluding hydrogens is 427 g/mol. The van der Waals surface area contributed by atoms with Crippen LogP contribution in [0.4, 0.5) is 5.69 Å². The highest BCUT2D eigenvalue weighted by Crippen LogP contribution is 2.25. The zero-order valence-electron chi connectivity index (χ0n) is 15.8. The first kappa shape index (κ1) is 20.3. The molecule has 0 spiro atoms. The number of rotatable bonds is 5. The van der Waals surface area contributed by atoms with E-state index in [0.717, 1.165) is 12.0 Å². The first-order valence-corrected chi connectivity index (χ1v) is 10.1. The number of carbonyl (C=O) groups excluding carboxylic acids is 2. The fraction of sp³-hybridized carbons (Fsp3) is 0.250. The Morgan fingerprint density at radius 2 is 1.87 bits per heavy atom. The third-order valence-corrected chi connectivity index (χ3v) is 5.34. The molecule has 10 heteroatoms. The number of anilines is 1. The van der Waals surface area contributed by atoms with E-state index in [4.69, 9.17) is 23.2 Å². The van der Waals surface area contributed by atoms with Crippen LogP contribution in [0.1, 0.15) is 34.6 Å². The molecule has 1 aromatic heterocycles. The van der Waals surface area contributed by atoms with Crippen LogP contribution in [0.5, 0.6) is 0 Å². The monoisotopic (exact) mass is 444 g/mol. The van der Waals surface area contributed by atoms with Crippen LogP contribution < -0.4 is 5.32 Å². The first-order valence-electron chi connectivity index (χ1n) is 9.39. The quantitative estimate of drug-likeness (QED) is 0.627. The van der Waals surface area contributed by atoms with Gasteiger partial charge in [0.25, 0.3) is 5.91 Å². The van der Waals surface area contributed by atoms with E-state index in [1.807, 2.05) is 24.3 Å². The Morgan fingerprint density at radius 3 is 2.53 bits per heavy atom. The predicted molar refractivity (Wildman–Crippen MR) is 113 cm³/mol. The number of tetrazole rings is 1. The van der Waals surface area contributed by atoms with Crippen LogP contribution in [0, 0.1) is 0 Å². The second kappa shape index (κ2) is 8.81. The number of H-pyrrole nitrogens is 1. The lowest BCUT2D eigenvalue weighted by atomic mass is 10.1. The minimum atomic E-state index is -0.547. The van der Waals surface area contributed by atoms with Crippen LogP contribution in [-0.4, -0.2) is 49.9 Å². The Balaban J connectivity index is 1.42. The summed E-state index contributed by atoms with van der Waals surface area (Å²) in [5.74, 6) is 0.111. The van der Waals surface area contributed by atoms with Gasteiger partial charge in [0, 0.05) is 34.3 Å². The van der Waals surface area contributed by atoms with Gasteiger partial charge >= 0.3 is 0 Å². The fourth-order valence-corrected chi connectivity index (χ4v) is 4.02. The molecule has 2 amide bonds. The smallest absolute Gasteiger partial charge is 0.254 e. The molecule has 0 radical (unpaired) electrons. The van der Waals surface area contributed by atoms with Crippen molar-refractivity contribution in [3.63, 3.8) is 0 Å². The average molecular weight is 445 g/mol. The van der Waals surface area contributed by atoms with Crippen molar-refractivity contribution in [2.24, 2.45) is 0 Å². The highest BCUT2D eigenvalue weighted by Gasteiger charge is 2.34. The van der Waals surface area contributed by atoms with E-state index >= 15 is 0 Å². The lowest BCUT2D eigenvalue weighted by Crippen LogP contribution is -2.43. The van der Waals surface area contributed by atoms with Gasteiger partial charge < -0.3 is 10.2 Å². The minimum Gasteiger partial charge on any atom is -0.327 e. The SMILES string of the molecule is O=C(Nc1ccc(Cc2nn[nH]n2)cc1)C1CCCN1C(=O)c1cc(Cl)cc(Cl)c1. The summed E-state index contributed by atoms with van der Waals surface area (Å²) < 4.78 is 0. The van der Waals surface area contributed by atoms with Crippen LogP contribution in [0.25, 0.3) is 0 Å². The highest BCUT2D eigenvalue weighted by atomic mass is 35.5. The molecule has 1 unspecified atom stereocenters. The first-order chi connectivity index (χ1) is 14.5. The Labute approximate surface area is 182 Å². The van der Waals surface area contributed by atoms with E-state index in [-0.39, 0.29) is 11.8 Å². The lowest BCUT2D eigenvalue weighted by molar-refractivity contribution is -0.119. The normalized spacial score (nSPS) is 15.9. The molecular formula is C20H18Cl2N6O2. The molecule has 0 bridgehead atoms. The molecule has 2 aromatic carbocycles. The van der Waals surface area contributed by atoms with Crippen molar-refractivity contribution in [2.45, 2.75) is 25.3 Å². The Morgan fingerprint density at radius 1 is 1.13 bits per heavy atom. The number of hydrogen-bond acceptors (Lipinski definition) is 5. The number of likely N-dealkylation sites (tertiary alicyclic amines) is 1. The number of carbonyl (C=O) groups is 2. The van der Waals surface area contributed by atoms with E-state index in [1.165, 1.54) is 0 Å². The maximum Gasteiger partial charge on any atom is 0.254 e. The van der Waals surface area contributed by atoms with Crippen LogP contribution in [0.15, 0.2) is 42.5 Å². The molecule has 2 heterocycles. The van der Waals surface area contributed by atoms with Crippen molar-refractivity contribution in [1.82, 2.24) is 25.5 Å². The third-order valence-electron chi connectivity index (χ3n) is 4.90. The van der Waals surface area contributed by atoms with Gasteiger partial charge in [-0.05, 0) is 48.7 Å². The van der Waals surface area contributed by atoms with Gasteiger partial charge in [0.05, 0.1) is 0 Å². The zero-order valence-corrected chi connectivity index (χ0v) is 17.3. The van der Waals surface area contributed by atoms with Crippen LogP contribution >= 0.6 is 23.2 Å². The van der Waals surface area contributed by atoms with Gasteiger partial charge in [0.15, 0.2) is 5.82 Å². The Bertz CT molecular complexity index is 1040. The summed E-state index contributed by atoms with van der Waals surface area (Å²) >= 11 is 12.0. The predicted octanol–water partition coefficient (Wildman–Crippen LogP) is 3.34. The molecule has 1 saturated heterocycles. The van der Waals surface area contributed by atoms with Crippen molar-refractivity contribution in [1.29, 1.82) is 0 Å². The van der Waals surface area contributed by atoms with Gasteiger partial charge in [0.2, 0.25) is 5.91 Å². The zero-order chi connectivity index (χ0) is 21.1. The van der Waals surface area contributed by atoms with E-state index in [2.05, 4.69) is 25.9 Å². The Hall–Kier alpha value is -2.97. The van der Waals surface area contributed by atoms with Crippen molar-refractivity contribution in [3.8, 4) is 0 Å². The number of nitrogens with zero attached hydrogens (tertiary/aromatic N) is 4. The highest BCUT2D eigenvalue weighted by molar-refractivity contribution is 6.35. The van der Waals surface area contributed by atoms with Crippen LogP contribution in [-0.2, 0) is 11.2 Å². The molecule has 4 rings (SSSR count). The summed E-state index contributed by atoms with van der Waals surface area (Å²) in [4.78, 5) is 27.3. The summed E-state index contributed by atoms with van der Waals surface area (Å²) in [6.07, 6.45) is 1.89. The minimum absolute atomic E-state index is 0.222. The molecule has 154 valence electrons. The average Bonchev–Trinajstić information content (AvgIpc) is 3.40. The summed E-state index contributed by atoms with van der Waals surface area (Å²) in [5, 5.41) is 17.5. The van der Waals surface area contributed by atoms with Gasteiger partial charge in [-0.2, -0.15) is 5.21 Å².